The van der Waals surface area contributed by atoms with Crippen molar-refractivity contribution in [3.63, 3.8) is 0 Å². The molecule has 2 fully saturated rings. The topological polar surface area (TPSA) is 98.7 Å². The first-order valence-electron chi connectivity index (χ1n) is 9.96. The van der Waals surface area contributed by atoms with Crippen LogP contribution in [0.2, 0.25) is 0 Å². The minimum Gasteiger partial charge on any atom is -0.386 e. The molecule has 1 aromatic carbocycles. The number of benzene rings is 1. The van der Waals surface area contributed by atoms with Gasteiger partial charge in [-0.2, -0.15) is 0 Å². The first-order valence-corrected chi connectivity index (χ1v) is 9.96. The number of hydrogen-bond donors (Lipinski definition) is 3. The monoisotopic (exact) mass is 423 g/mol. The van der Waals surface area contributed by atoms with Gasteiger partial charge >= 0.3 is 6.03 Å². The summed E-state index contributed by atoms with van der Waals surface area (Å²) in [5, 5.41) is 15.2. The summed E-state index contributed by atoms with van der Waals surface area (Å²) in [7, 11) is 0. The van der Waals surface area contributed by atoms with E-state index >= 15 is 0 Å². The van der Waals surface area contributed by atoms with Gasteiger partial charge in [-0.25, -0.2) is 13.6 Å². The fraction of sp³-hybridized carbons (Fsp3) is 0.571. The van der Waals surface area contributed by atoms with Crippen LogP contribution in [0.15, 0.2) is 18.2 Å². The number of hydrogen-bond acceptors (Lipinski definition) is 4. The van der Waals surface area contributed by atoms with E-state index in [9.17, 15) is 28.3 Å². The van der Waals surface area contributed by atoms with E-state index in [2.05, 4.69) is 24.5 Å². The summed E-state index contributed by atoms with van der Waals surface area (Å²) in [6.07, 6.45) is 0.553. The van der Waals surface area contributed by atoms with E-state index in [4.69, 9.17) is 0 Å². The molecule has 3 N–H and O–H groups in total. The number of rotatable bonds is 5. The number of nitrogens with zero attached hydrogens (tertiary/aromatic N) is 1. The van der Waals surface area contributed by atoms with Crippen molar-refractivity contribution in [1.82, 2.24) is 15.5 Å². The van der Waals surface area contributed by atoms with Crippen LogP contribution in [0.5, 0.6) is 0 Å². The number of nitrogens with one attached hydrogen (secondary N) is 2. The minimum absolute atomic E-state index is 0.123. The first kappa shape index (κ1) is 22.1. The van der Waals surface area contributed by atoms with Gasteiger partial charge in [0.2, 0.25) is 5.91 Å². The molecule has 0 bridgehead atoms. The van der Waals surface area contributed by atoms with Gasteiger partial charge in [0.15, 0.2) is 0 Å². The molecule has 1 saturated carbocycles. The van der Waals surface area contributed by atoms with Crippen LogP contribution in [0.25, 0.3) is 0 Å². The molecule has 7 nitrogen and oxygen atoms in total. The lowest BCUT2D eigenvalue weighted by molar-refractivity contribution is -0.137. The molecule has 2 aliphatic rings. The Kier molecular flexibility index (Phi) is 5.86. The normalized spacial score (nSPS) is 26.6. The zero-order valence-corrected chi connectivity index (χ0v) is 17.3. The van der Waals surface area contributed by atoms with E-state index in [1.165, 1.54) is 0 Å². The van der Waals surface area contributed by atoms with Gasteiger partial charge in [0.25, 0.3) is 5.91 Å². The summed E-state index contributed by atoms with van der Waals surface area (Å²) in [5.41, 5.74) is -1.29. The van der Waals surface area contributed by atoms with Crippen molar-refractivity contribution in [3.8, 4) is 0 Å². The Morgan fingerprint density at radius 3 is 2.67 bits per heavy atom. The third-order valence-corrected chi connectivity index (χ3v) is 5.74. The first-order chi connectivity index (χ1) is 13.9. The highest BCUT2D eigenvalue weighted by atomic mass is 19.1. The standard InChI is InChI=1S/C21H27F2N3O4/c1-12-7-20(2,3)11-21(8-12)18(29)26(19(30)25-21)10-17(28)24-9-16(27)14-5-4-13(22)6-15(14)23/h4-6,12,16,27H,7-11H2,1-3H3,(H,24,28)(H,25,30). The molecule has 1 spiro atoms. The Bertz CT molecular complexity index is 876. The van der Waals surface area contributed by atoms with E-state index < -0.39 is 47.7 Å². The van der Waals surface area contributed by atoms with Crippen LogP contribution in [-0.4, -0.2) is 46.5 Å². The van der Waals surface area contributed by atoms with E-state index in [1.54, 1.807) is 0 Å². The second-order valence-corrected chi connectivity index (χ2v) is 9.24. The number of carbonyl (C=O) groups excluding carboxylic acids is 3. The Labute approximate surface area is 173 Å². The fourth-order valence-corrected chi connectivity index (χ4v) is 4.94. The van der Waals surface area contributed by atoms with Crippen molar-refractivity contribution in [1.29, 1.82) is 0 Å². The number of amides is 4. The molecular formula is C21H27F2N3O4. The molecule has 0 aromatic heterocycles. The van der Waals surface area contributed by atoms with Crippen molar-refractivity contribution in [2.45, 2.75) is 51.7 Å². The van der Waals surface area contributed by atoms with Gasteiger partial charge in [0.05, 0.1) is 6.10 Å². The molecule has 3 atom stereocenters. The molecule has 1 aliphatic heterocycles. The highest BCUT2D eigenvalue weighted by Crippen LogP contribution is 2.46. The van der Waals surface area contributed by atoms with E-state index in [0.29, 0.717) is 18.9 Å². The molecule has 3 unspecified atom stereocenters. The second-order valence-electron chi connectivity index (χ2n) is 9.24. The van der Waals surface area contributed by atoms with Gasteiger partial charge in [-0.1, -0.05) is 26.8 Å². The average molecular weight is 423 g/mol. The number of halogens is 2. The molecule has 1 heterocycles. The molecule has 0 radical (unpaired) electrons. The van der Waals surface area contributed by atoms with Crippen molar-refractivity contribution < 1.29 is 28.3 Å². The lowest BCUT2D eigenvalue weighted by Gasteiger charge is -2.43. The number of aliphatic hydroxyl groups excluding tert-OH is 1. The van der Waals surface area contributed by atoms with E-state index in [-0.39, 0.29) is 23.4 Å². The lowest BCUT2D eigenvalue weighted by atomic mass is 9.64. The van der Waals surface area contributed by atoms with Gasteiger partial charge in [0.1, 0.15) is 23.7 Å². The Morgan fingerprint density at radius 2 is 2.03 bits per heavy atom. The number of urea groups is 1. The van der Waals surface area contributed by atoms with Gasteiger partial charge in [-0.15, -0.1) is 0 Å². The van der Waals surface area contributed by atoms with Crippen molar-refractivity contribution in [2.24, 2.45) is 11.3 Å². The SMILES string of the molecule is CC1CC(C)(C)CC2(C1)NC(=O)N(CC(=O)NCC(O)c1ccc(F)cc1F)C2=O. The summed E-state index contributed by atoms with van der Waals surface area (Å²) < 4.78 is 26.7. The maximum atomic E-state index is 13.7. The summed E-state index contributed by atoms with van der Waals surface area (Å²) in [6, 6.07) is 2.11. The average Bonchev–Trinajstić information content (AvgIpc) is 2.81. The molecule has 1 aliphatic carbocycles. The maximum Gasteiger partial charge on any atom is 0.325 e. The van der Waals surface area contributed by atoms with Crippen LogP contribution >= 0.6 is 0 Å². The van der Waals surface area contributed by atoms with Gasteiger partial charge in [-0.05, 0) is 36.7 Å². The zero-order valence-electron chi connectivity index (χ0n) is 17.3. The third-order valence-electron chi connectivity index (χ3n) is 5.74. The van der Waals surface area contributed by atoms with Crippen LogP contribution in [0.4, 0.5) is 13.6 Å². The Hall–Kier alpha value is -2.55. The highest BCUT2D eigenvalue weighted by molar-refractivity contribution is 6.09. The lowest BCUT2D eigenvalue weighted by Crippen LogP contribution is -2.54. The number of carbonyl (C=O) groups is 3. The predicted octanol–water partition coefficient (Wildman–Crippen LogP) is 2.25. The van der Waals surface area contributed by atoms with Crippen molar-refractivity contribution in [2.75, 3.05) is 13.1 Å². The molecule has 164 valence electrons. The summed E-state index contributed by atoms with van der Waals surface area (Å²) in [5.74, 6) is -2.55. The quantitative estimate of drug-likeness (QED) is 0.633. The number of aliphatic hydroxyl groups is 1. The zero-order chi connectivity index (χ0) is 22.3. The van der Waals surface area contributed by atoms with E-state index in [1.807, 2.05) is 6.92 Å². The van der Waals surface area contributed by atoms with Crippen molar-refractivity contribution in [3.05, 3.63) is 35.4 Å². The number of imide groups is 1. The second kappa shape index (κ2) is 7.94. The molecule has 3 rings (SSSR count). The minimum atomic E-state index is -1.40. The Balaban J connectivity index is 1.61. The molecule has 9 heteroatoms. The molecule has 30 heavy (non-hydrogen) atoms. The molecular weight excluding hydrogens is 396 g/mol. The van der Waals surface area contributed by atoms with Crippen molar-refractivity contribution >= 4 is 17.8 Å². The van der Waals surface area contributed by atoms with Crippen LogP contribution < -0.4 is 10.6 Å². The van der Waals surface area contributed by atoms with Crippen LogP contribution in [0.1, 0.15) is 51.7 Å². The molecule has 1 aromatic rings. The van der Waals surface area contributed by atoms with Crippen LogP contribution in [0, 0.1) is 23.0 Å². The maximum absolute atomic E-state index is 13.7. The van der Waals surface area contributed by atoms with E-state index in [0.717, 1.165) is 23.5 Å². The fourth-order valence-electron chi connectivity index (χ4n) is 4.94. The molecule has 4 amide bonds. The van der Waals surface area contributed by atoms with Gasteiger partial charge in [-0.3, -0.25) is 14.5 Å². The Morgan fingerprint density at radius 1 is 1.33 bits per heavy atom. The molecule has 1 saturated heterocycles. The van der Waals surface area contributed by atoms with Gasteiger partial charge < -0.3 is 15.7 Å². The van der Waals surface area contributed by atoms with Crippen LogP contribution in [-0.2, 0) is 9.59 Å². The summed E-state index contributed by atoms with van der Waals surface area (Å²) in [4.78, 5) is 38.6. The third kappa shape index (κ3) is 4.45. The van der Waals surface area contributed by atoms with Crippen LogP contribution in [0.3, 0.4) is 0 Å². The smallest absolute Gasteiger partial charge is 0.325 e. The largest absolute Gasteiger partial charge is 0.386 e. The summed E-state index contributed by atoms with van der Waals surface area (Å²) >= 11 is 0. The highest BCUT2D eigenvalue weighted by Gasteiger charge is 2.56. The van der Waals surface area contributed by atoms with Gasteiger partial charge in [0, 0.05) is 18.2 Å². The summed E-state index contributed by atoms with van der Waals surface area (Å²) in [6.45, 7) is 5.29. The predicted molar refractivity (Wildman–Crippen MR) is 104 cm³/mol.